The van der Waals surface area contributed by atoms with Crippen molar-refractivity contribution in [2.45, 2.75) is 18.9 Å². The number of carbonyl (C=O) groups excluding carboxylic acids is 1. The van der Waals surface area contributed by atoms with E-state index in [-0.39, 0.29) is 23.1 Å². The lowest BCUT2D eigenvalue weighted by Crippen LogP contribution is -2.43. The van der Waals surface area contributed by atoms with Crippen LogP contribution in [-0.4, -0.2) is 23.5 Å². The Kier molecular flexibility index (Phi) is 4.06. The van der Waals surface area contributed by atoms with Crippen molar-refractivity contribution in [1.82, 2.24) is 10.3 Å². The summed E-state index contributed by atoms with van der Waals surface area (Å²) >= 11 is 0. The van der Waals surface area contributed by atoms with Crippen LogP contribution in [0.4, 0.5) is 0 Å². The maximum atomic E-state index is 12.2. The van der Waals surface area contributed by atoms with E-state index in [2.05, 4.69) is 10.3 Å². The van der Waals surface area contributed by atoms with Crippen molar-refractivity contribution in [1.29, 1.82) is 0 Å². The Hall–Kier alpha value is -2.40. The maximum absolute atomic E-state index is 12.2. The first kappa shape index (κ1) is 14.5. The van der Waals surface area contributed by atoms with Crippen LogP contribution in [0.2, 0.25) is 0 Å². The van der Waals surface area contributed by atoms with E-state index in [1.165, 1.54) is 0 Å². The van der Waals surface area contributed by atoms with Gasteiger partial charge in [-0.25, -0.2) is 0 Å². The van der Waals surface area contributed by atoms with Crippen LogP contribution in [0.25, 0.3) is 11.3 Å². The summed E-state index contributed by atoms with van der Waals surface area (Å²) in [6, 6.07) is 12.8. The van der Waals surface area contributed by atoms with E-state index < -0.39 is 0 Å². The highest BCUT2D eigenvalue weighted by atomic mass is 16.2. The summed E-state index contributed by atoms with van der Waals surface area (Å²) in [5.41, 5.74) is 7.02. The molecule has 1 unspecified atom stereocenters. The SMILES string of the molecule is NCC(NC(=O)c1ccc(-c2ccccc2)[nH]c1=O)C1CC1. The molecule has 0 bridgehead atoms. The Morgan fingerprint density at radius 1 is 1.23 bits per heavy atom. The number of aromatic nitrogens is 1. The molecule has 1 heterocycles. The van der Waals surface area contributed by atoms with Gasteiger partial charge in [0.15, 0.2) is 0 Å². The summed E-state index contributed by atoms with van der Waals surface area (Å²) in [4.78, 5) is 27.2. The Morgan fingerprint density at radius 2 is 1.95 bits per heavy atom. The predicted octanol–water partition coefficient (Wildman–Crippen LogP) is 1.51. The van der Waals surface area contributed by atoms with Crippen LogP contribution < -0.4 is 16.6 Å². The molecule has 2 aromatic rings. The normalized spacial score (nSPS) is 15.3. The summed E-state index contributed by atoms with van der Waals surface area (Å²) in [6.07, 6.45) is 2.18. The summed E-state index contributed by atoms with van der Waals surface area (Å²) in [6.45, 7) is 0.399. The lowest BCUT2D eigenvalue weighted by Gasteiger charge is -2.15. The zero-order chi connectivity index (χ0) is 15.5. The second-order valence-corrected chi connectivity index (χ2v) is 5.63. The number of H-pyrrole nitrogens is 1. The van der Waals surface area contributed by atoms with Crippen molar-refractivity contribution in [3.8, 4) is 11.3 Å². The van der Waals surface area contributed by atoms with Gasteiger partial charge in [0.05, 0.1) is 0 Å². The Labute approximate surface area is 128 Å². The van der Waals surface area contributed by atoms with Gasteiger partial charge in [0.1, 0.15) is 5.56 Å². The molecule has 1 aliphatic carbocycles. The lowest BCUT2D eigenvalue weighted by molar-refractivity contribution is 0.0932. The molecule has 1 amide bonds. The molecule has 5 nitrogen and oxygen atoms in total. The first-order valence-corrected chi connectivity index (χ1v) is 7.48. The van der Waals surface area contributed by atoms with Gasteiger partial charge in [-0.2, -0.15) is 0 Å². The molecule has 1 aromatic heterocycles. The molecule has 0 aliphatic heterocycles. The third kappa shape index (κ3) is 3.09. The minimum Gasteiger partial charge on any atom is -0.348 e. The second kappa shape index (κ2) is 6.15. The van der Waals surface area contributed by atoms with Crippen molar-refractivity contribution in [2.24, 2.45) is 11.7 Å². The van der Waals surface area contributed by atoms with Crippen LogP contribution >= 0.6 is 0 Å². The average molecular weight is 297 g/mol. The number of nitrogens with one attached hydrogen (secondary N) is 2. The highest BCUT2D eigenvalue weighted by Crippen LogP contribution is 2.32. The quantitative estimate of drug-likeness (QED) is 0.781. The Balaban J connectivity index is 1.80. The Morgan fingerprint density at radius 3 is 2.55 bits per heavy atom. The van der Waals surface area contributed by atoms with Gasteiger partial charge in [0.25, 0.3) is 11.5 Å². The van der Waals surface area contributed by atoms with Crippen LogP contribution in [-0.2, 0) is 0 Å². The van der Waals surface area contributed by atoms with Gasteiger partial charge in [-0.1, -0.05) is 30.3 Å². The number of aromatic amines is 1. The number of carbonyl (C=O) groups is 1. The number of pyridine rings is 1. The van der Waals surface area contributed by atoms with Crippen LogP contribution in [0.15, 0.2) is 47.3 Å². The molecule has 22 heavy (non-hydrogen) atoms. The molecule has 5 heteroatoms. The zero-order valence-electron chi connectivity index (χ0n) is 12.2. The van der Waals surface area contributed by atoms with Crippen molar-refractivity contribution in [3.63, 3.8) is 0 Å². The van der Waals surface area contributed by atoms with Crippen LogP contribution in [0.1, 0.15) is 23.2 Å². The first-order chi connectivity index (χ1) is 10.7. The summed E-state index contributed by atoms with van der Waals surface area (Å²) in [7, 11) is 0. The molecule has 3 rings (SSSR count). The lowest BCUT2D eigenvalue weighted by atomic mass is 10.1. The van der Waals surface area contributed by atoms with E-state index in [9.17, 15) is 9.59 Å². The number of hydrogen-bond donors (Lipinski definition) is 3. The molecule has 1 atom stereocenters. The number of amides is 1. The molecule has 0 spiro atoms. The third-order valence-electron chi connectivity index (χ3n) is 4.00. The highest BCUT2D eigenvalue weighted by molar-refractivity contribution is 5.94. The fourth-order valence-corrected chi connectivity index (χ4v) is 2.55. The zero-order valence-corrected chi connectivity index (χ0v) is 12.2. The van der Waals surface area contributed by atoms with Gasteiger partial charge in [-0.15, -0.1) is 0 Å². The fraction of sp³-hybridized carbons (Fsp3) is 0.294. The molecule has 1 saturated carbocycles. The largest absolute Gasteiger partial charge is 0.348 e. The number of rotatable bonds is 5. The van der Waals surface area contributed by atoms with Crippen molar-refractivity contribution >= 4 is 5.91 Å². The molecule has 0 radical (unpaired) electrons. The van der Waals surface area contributed by atoms with Gasteiger partial charge >= 0.3 is 0 Å². The summed E-state index contributed by atoms with van der Waals surface area (Å²) in [5.74, 6) is 0.0971. The molecule has 0 saturated heterocycles. The second-order valence-electron chi connectivity index (χ2n) is 5.63. The molecule has 1 fully saturated rings. The molecular weight excluding hydrogens is 278 g/mol. The van der Waals surface area contributed by atoms with Gasteiger partial charge < -0.3 is 16.0 Å². The molecule has 1 aromatic carbocycles. The third-order valence-corrected chi connectivity index (χ3v) is 4.00. The predicted molar refractivity (Wildman–Crippen MR) is 85.5 cm³/mol. The van der Waals surface area contributed by atoms with Crippen molar-refractivity contribution in [2.75, 3.05) is 6.54 Å². The Bertz CT molecular complexity index is 720. The highest BCUT2D eigenvalue weighted by Gasteiger charge is 2.31. The average Bonchev–Trinajstić information content (AvgIpc) is 3.38. The number of benzene rings is 1. The van der Waals surface area contributed by atoms with E-state index >= 15 is 0 Å². The molecular formula is C17H19N3O2. The first-order valence-electron chi connectivity index (χ1n) is 7.48. The van der Waals surface area contributed by atoms with Crippen molar-refractivity contribution in [3.05, 3.63) is 58.4 Å². The van der Waals surface area contributed by atoms with Crippen molar-refractivity contribution < 1.29 is 4.79 Å². The van der Waals surface area contributed by atoms with E-state index in [0.717, 1.165) is 18.4 Å². The molecule has 114 valence electrons. The topological polar surface area (TPSA) is 88.0 Å². The van der Waals surface area contributed by atoms with Gasteiger partial charge in [0, 0.05) is 18.3 Å². The van der Waals surface area contributed by atoms with Crippen LogP contribution in [0.3, 0.4) is 0 Å². The van der Waals surface area contributed by atoms with E-state index in [4.69, 9.17) is 5.73 Å². The fourth-order valence-electron chi connectivity index (χ4n) is 2.55. The number of hydrogen-bond acceptors (Lipinski definition) is 3. The van der Waals surface area contributed by atoms with Gasteiger partial charge in [-0.3, -0.25) is 9.59 Å². The minimum atomic E-state index is -0.384. The smallest absolute Gasteiger partial charge is 0.261 e. The monoisotopic (exact) mass is 297 g/mol. The maximum Gasteiger partial charge on any atom is 0.261 e. The molecule has 4 N–H and O–H groups in total. The van der Waals surface area contributed by atoms with E-state index in [0.29, 0.717) is 18.2 Å². The summed E-state index contributed by atoms with van der Waals surface area (Å²) in [5, 5.41) is 2.86. The van der Waals surface area contributed by atoms with E-state index in [1.807, 2.05) is 30.3 Å². The number of nitrogens with two attached hydrogens (primary N) is 1. The summed E-state index contributed by atoms with van der Waals surface area (Å²) < 4.78 is 0. The minimum absolute atomic E-state index is 0.0410. The van der Waals surface area contributed by atoms with E-state index in [1.54, 1.807) is 12.1 Å². The standard InChI is InChI=1S/C17H19N3O2/c18-10-15(12-6-7-12)20-17(22)13-8-9-14(19-16(13)21)11-4-2-1-3-5-11/h1-5,8-9,12,15H,6-7,10,18H2,(H,19,21)(H,20,22). The van der Waals surface area contributed by atoms with Gasteiger partial charge in [-0.05, 0) is 36.5 Å². The van der Waals surface area contributed by atoms with Gasteiger partial charge in [0.2, 0.25) is 0 Å². The molecule has 1 aliphatic rings. The van der Waals surface area contributed by atoms with Crippen LogP contribution in [0, 0.1) is 5.92 Å². The van der Waals surface area contributed by atoms with Crippen LogP contribution in [0.5, 0.6) is 0 Å².